The summed E-state index contributed by atoms with van der Waals surface area (Å²) in [6.45, 7) is 0. The van der Waals surface area contributed by atoms with Gasteiger partial charge in [0.2, 0.25) is 0 Å². The second-order valence-electron chi connectivity index (χ2n) is 16.1. The Morgan fingerprint density at radius 3 is 1.57 bits per heavy atom. The van der Waals surface area contributed by atoms with E-state index < -0.39 is 11.5 Å². The highest BCUT2D eigenvalue weighted by Crippen LogP contribution is 2.57. The van der Waals surface area contributed by atoms with Gasteiger partial charge < -0.3 is 9.47 Å². The molecule has 0 saturated heterocycles. The van der Waals surface area contributed by atoms with Crippen molar-refractivity contribution in [3.05, 3.63) is 277 Å². The molecule has 0 unspecified atom stereocenters. The Labute approximate surface area is 375 Å². The van der Waals surface area contributed by atoms with Crippen LogP contribution in [0.2, 0.25) is 0 Å². The number of aromatic nitrogens is 1. The summed E-state index contributed by atoms with van der Waals surface area (Å²) in [5, 5.41) is 2.38. The van der Waals surface area contributed by atoms with Gasteiger partial charge in [-0.15, -0.1) is 0 Å². The number of anilines is 3. The van der Waals surface area contributed by atoms with Crippen LogP contribution >= 0.6 is 0 Å². The van der Waals surface area contributed by atoms with E-state index in [1.165, 1.54) is 44.2 Å². The van der Waals surface area contributed by atoms with E-state index in [0.29, 0.717) is 5.56 Å². The molecule has 0 amide bonds. The molecule has 296 valence electrons. The van der Waals surface area contributed by atoms with Gasteiger partial charge in [0.25, 0.3) is 0 Å². The van der Waals surface area contributed by atoms with Gasteiger partial charge in [-0.2, -0.15) is 0 Å². The summed E-state index contributed by atoms with van der Waals surface area (Å²) in [4.78, 5) is 2.25. The molecule has 0 atom stereocenters. The largest absolute Gasteiger partial charge is 0.310 e. The van der Waals surface area contributed by atoms with E-state index >= 15 is 0 Å². The number of fused-ring (bicyclic) bond motifs is 6. The number of para-hydroxylation sites is 2. The second kappa shape index (κ2) is 15.1. The molecular weight excluding hydrogens is 761 g/mol. The molecule has 0 N–H and O–H groups in total. The molecule has 63 heavy (non-hydrogen) atoms. The summed E-state index contributed by atoms with van der Waals surface area (Å²) in [5.41, 5.74) is 15.6. The predicted molar refractivity (Wildman–Crippen MR) is 264 cm³/mol. The van der Waals surface area contributed by atoms with Gasteiger partial charge in [0, 0.05) is 33.5 Å². The van der Waals surface area contributed by atoms with E-state index in [4.69, 9.17) is 6.85 Å². The third-order valence-corrected chi connectivity index (χ3v) is 12.8. The van der Waals surface area contributed by atoms with E-state index in [2.05, 4.69) is 204 Å². The summed E-state index contributed by atoms with van der Waals surface area (Å²) in [6, 6.07) is 77.7. The van der Waals surface area contributed by atoms with Gasteiger partial charge in [0.1, 0.15) is 0 Å². The SMILES string of the molecule is [2H]c1c([2H])c([2H])c(-c2ccc(N(c3ccc(-c4ccc5c(c4)c4ccccc4n5-c4ccccc4)cc3)c3ccc4c(c3)C(c3ccccc3)(c3ccccc3)c3ccccc3-4)cc2)c([2H])c1[2H]. The number of hydrogen-bond donors (Lipinski definition) is 0. The molecular formula is C61H42N2. The maximum absolute atomic E-state index is 8.72. The van der Waals surface area contributed by atoms with Crippen molar-refractivity contribution < 1.29 is 6.85 Å². The predicted octanol–water partition coefficient (Wildman–Crippen LogP) is 16.0. The second-order valence-corrected chi connectivity index (χ2v) is 16.1. The van der Waals surface area contributed by atoms with Crippen molar-refractivity contribution in [2.24, 2.45) is 0 Å². The maximum Gasteiger partial charge on any atom is 0.0714 e. The summed E-state index contributed by atoms with van der Waals surface area (Å²) >= 11 is 0. The number of rotatable bonds is 8. The van der Waals surface area contributed by atoms with Gasteiger partial charge in [-0.3, -0.25) is 0 Å². The minimum Gasteiger partial charge on any atom is -0.310 e. The molecule has 10 aromatic carbocycles. The normalized spacial score (nSPS) is 13.7. The Bertz CT molecular complexity index is 3650. The molecule has 0 bridgehead atoms. The van der Waals surface area contributed by atoms with E-state index in [-0.39, 0.29) is 29.7 Å². The van der Waals surface area contributed by atoms with Crippen molar-refractivity contribution in [2.45, 2.75) is 5.41 Å². The highest BCUT2D eigenvalue weighted by molar-refractivity contribution is 6.10. The van der Waals surface area contributed by atoms with Crippen LogP contribution < -0.4 is 4.90 Å². The molecule has 2 nitrogen and oxygen atoms in total. The summed E-state index contributed by atoms with van der Waals surface area (Å²) in [5.74, 6) is 0. The van der Waals surface area contributed by atoms with Gasteiger partial charge in [-0.1, -0.05) is 188 Å². The van der Waals surface area contributed by atoms with Crippen molar-refractivity contribution in [1.29, 1.82) is 0 Å². The Hall–Kier alpha value is -8.20. The number of nitrogens with zero attached hydrogens (tertiary/aromatic N) is 2. The van der Waals surface area contributed by atoms with Gasteiger partial charge >= 0.3 is 0 Å². The van der Waals surface area contributed by atoms with Crippen molar-refractivity contribution >= 4 is 38.9 Å². The molecule has 1 aliphatic rings. The zero-order valence-electron chi connectivity index (χ0n) is 39.3. The highest BCUT2D eigenvalue weighted by Gasteiger charge is 2.46. The molecule has 1 aromatic heterocycles. The summed E-state index contributed by atoms with van der Waals surface area (Å²) < 4.78 is 44.7. The van der Waals surface area contributed by atoms with Crippen LogP contribution in [0.4, 0.5) is 17.1 Å². The molecule has 11 aromatic rings. The minimum absolute atomic E-state index is 0.174. The Morgan fingerprint density at radius 2 is 0.889 bits per heavy atom. The topological polar surface area (TPSA) is 8.17 Å². The number of hydrogen-bond acceptors (Lipinski definition) is 1. The average Bonchev–Trinajstić information content (AvgIpc) is 3.89. The van der Waals surface area contributed by atoms with E-state index in [1.54, 1.807) is 0 Å². The summed E-state index contributed by atoms with van der Waals surface area (Å²) in [6.07, 6.45) is 0. The third kappa shape index (κ3) is 5.95. The van der Waals surface area contributed by atoms with Crippen LogP contribution in [-0.4, -0.2) is 4.57 Å². The average molecular weight is 808 g/mol. The van der Waals surface area contributed by atoms with Crippen LogP contribution in [0.25, 0.3) is 60.9 Å². The van der Waals surface area contributed by atoms with Gasteiger partial charge in [-0.05, 0) is 122 Å². The van der Waals surface area contributed by atoms with Crippen LogP contribution in [-0.2, 0) is 5.41 Å². The van der Waals surface area contributed by atoms with E-state index in [9.17, 15) is 0 Å². The Morgan fingerprint density at radius 1 is 0.365 bits per heavy atom. The fourth-order valence-corrected chi connectivity index (χ4v) is 10.0. The van der Waals surface area contributed by atoms with Crippen LogP contribution in [0.15, 0.2) is 255 Å². The fourth-order valence-electron chi connectivity index (χ4n) is 10.0. The fraction of sp³-hybridized carbons (Fsp3) is 0.0164. The lowest BCUT2D eigenvalue weighted by molar-refractivity contribution is 0.768. The third-order valence-electron chi connectivity index (χ3n) is 12.8. The van der Waals surface area contributed by atoms with Crippen LogP contribution in [0, 0.1) is 0 Å². The smallest absolute Gasteiger partial charge is 0.0714 e. The first-order chi connectivity index (χ1) is 33.3. The first kappa shape index (κ1) is 31.6. The molecule has 0 fully saturated rings. The highest BCUT2D eigenvalue weighted by atomic mass is 15.1. The molecule has 0 radical (unpaired) electrons. The van der Waals surface area contributed by atoms with Crippen molar-refractivity contribution in [2.75, 3.05) is 4.90 Å². The standard InChI is InChI=1S/C61H42N2/c1-5-17-43(18-6-1)44-29-34-50(35-30-44)62(51-36-31-45(32-37-51)46-33-40-60-56(41-46)55-26-14-16-28-59(55)63(60)49-23-11-4-12-24-49)52-38-39-54-53-25-13-15-27-57(53)61(58(54)42-52,47-19-7-2-8-20-47)48-21-9-3-10-22-48/h1-42H/i1D,5D,6D,17D,18D. The molecule has 1 aliphatic carbocycles. The molecule has 0 saturated carbocycles. The lowest BCUT2D eigenvalue weighted by atomic mass is 9.67. The van der Waals surface area contributed by atoms with Gasteiger partial charge in [-0.25, -0.2) is 0 Å². The summed E-state index contributed by atoms with van der Waals surface area (Å²) in [7, 11) is 0. The zero-order valence-corrected chi connectivity index (χ0v) is 34.3. The van der Waals surface area contributed by atoms with Crippen LogP contribution in [0.5, 0.6) is 0 Å². The quantitative estimate of drug-likeness (QED) is 0.148. The van der Waals surface area contributed by atoms with Crippen LogP contribution in [0.1, 0.15) is 29.1 Å². The molecule has 12 rings (SSSR count). The monoisotopic (exact) mass is 807 g/mol. The van der Waals surface area contributed by atoms with E-state index in [0.717, 1.165) is 44.9 Å². The lowest BCUT2D eigenvalue weighted by Crippen LogP contribution is -2.28. The van der Waals surface area contributed by atoms with Crippen molar-refractivity contribution in [3.8, 4) is 39.1 Å². The van der Waals surface area contributed by atoms with E-state index in [1.807, 2.05) is 30.3 Å². The van der Waals surface area contributed by atoms with Crippen LogP contribution in [0.3, 0.4) is 0 Å². The number of benzene rings is 10. The molecule has 1 heterocycles. The molecule has 0 aliphatic heterocycles. The van der Waals surface area contributed by atoms with Gasteiger partial charge in [0.15, 0.2) is 0 Å². The van der Waals surface area contributed by atoms with Gasteiger partial charge in [0.05, 0.1) is 23.3 Å². The lowest BCUT2D eigenvalue weighted by Gasteiger charge is -2.35. The first-order valence-electron chi connectivity index (χ1n) is 23.8. The Kier molecular flexibility index (Phi) is 7.56. The molecule has 0 spiro atoms. The molecule has 2 heteroatoms. The minimum atomic E-state index is -0.604. The van der Waals surface area contributed by atoms with Crippen molar-refractivity contribution in [1.82, 2.24) is 4.57 Å². The zero-order chi connectivity index (χ0) is 46.1. The van der Waals surface area contributed by atoms with Crippen molar-refractivity contribution in [3.63, 3.8) is 0 Å². The first-order valence-corrected chi connectivity index (χ1v) is 21.3. The Balaban J connectivity index is 1.03. The maximum atomic E-state index is 8.72.